The first-order valence-corrected chi connectivity index (χ1v) is 11.8. The lowest BCUT2D eigenvalue weighted by atomic mass is 9.94. The number of aliphatic imine (C=N–C) groups is 1. The van der Waals surface area contributed by atoms with Crippen LogP contribution >= 0.6 is 46.6 Å². The smallest absolute Gasteiger partial charge is 0.338 e. The predicted molar refractivity (Wildman–Crippen MR) is 130 cm³/mol. The second-order valence-corrected chi connectivity index (χ2v) is 9.18. The maximum absolute atomic E-state index is 12.8. The van der Waals surface area contributed by atoms with Gasteiger partial charge in [0.15, 0.2) is 10.9 Å². The van der Waals surface area contributed by atoms with Gasteiger partial charge >= 0.3 is 5.97 Å². The van der Waals surface area contributed by atoms with Gasteiger partial charge in [0.05, 0.1) is 34.0 Å². The number of esters is 1. The van der Waals surface area contributed by atoms with Crippen molar-refractivity contribution < 1.29 is 14.3 Å². The summed E-state index contributed by atoms with van der Waals surface area (Å²) >= 11 is 20.6. The molecule has 9 heteroatoms. The molecule has 2 aromatic rings. The van der Waals surface area contributed by atoms with Crippen molar-refractivity contribution in [3.63, 3.8) is 0 Å². The first-order valence-electron chi connectivity index (χ1n) is 9.83. The number of carbonyl (C=O) groups is 1. The molecule has 0 aromatic heterocycles. The Hall–Kier alpha value is -2.12. The second-order valence-electron chi connectivity index (χ2n) is 7.06. The highest BCUT2D eigenvalue weighted by atomic mass is 35.5. The molecule has 0 aliphatic carbocycles. The summed E-state index contributed by atoms with van der Waals surface area (Å²) < 4.78 is 11.2. The summed E-state index contributed by atoms with van der Waals surface area (Å²) in [6.07, 6.45) is 1.88. The van der Waals surface area contributed by atoms with Crippen LogP contribution < -0.4 is 4.74 Å². The molecular weight excluding hydrogens is 491 g/mol. The van der Waals surface area contributed by atoms with E-state index in [1.54, 1.807) is 38.1 Å². The van der Waals surface area contributed by atoms with Crippen molar-refractivity contribution in [1.29, 1.82) is 0 Å². The van der Waals surface area contributed by atoms with Crippen LogP contribution in [0, 0.1) is 0 Å². The maximum atomic E-state index is 12.8. The lowest BCUT2D eigenvalue weighted by molar-refractivity contribution is -0.139. The number of rotatable bonds is 6. The van der Waals surface area contributed by atoms with E-state index in [2.05, 4.69) is 4.99 Å². The molecule has 0 amide bonds. The molecule has 2 aliphatic rings. The van der Waals surface area contributed by atoms with Crippen LogP contribution in [0.3, 0.4) is 0 Å². The van der Waals surface area contributed by atoms with Gasteiger partial charge in [0.2, 0.25) is 0 Å². The molecule has 2 aliphatic heterocycles. The molecule has 32 heavy (non-hydrogen) atoms. The van der Waals surface area contributed by atoms with Crippen LogP contribution in [0.25, 0.3) is 0 Å². The summed E-state index contributed by atoms with van der Waals surface area (Å²) in [4.78, 5) is 19.3. The molecule has 0 spiro atoms. The molecule has 0 fully saturated rings. The van der Waals surface area contributed by atoms with Crippen molar-refractivity contribution in [3.05, 3.63) is 85.5 Å². The molecule has 166 valence electrons. The Morgan fingerprint density at radius 3 is 2.50 bits per heavy atom. The average molecular weight is 510 g/mol. The standard InChI is InChI=1S/C23H19Cl3N2O3S/c1-3-30-22(29)19-13(2)27-23-28(8-9-32-23)20(19)15-10-17(25)21(18(26)11-15)31-12-14-4-6-16(24)7-5-14/h4-11,20H,3,12H2,1-2H3/t20-/m1/s1. The van der Waals surface area contributed by atoms with Gasteiger partial charge in [-0.1, -0.05) is 58.7 Å². The quantitative estimate of drug-likeness (QED) is 0.393. The van der Waals surface area contributed by atoms with E-state index in [4.69, 9.17) is 44.3 Å². The molecular formula is C23H19Cl3N2O3S. The Labute approximate surface area is 205 Å². The van der Waals surface area contributed by atoms with Crippen molar-refractivity contribution in [2.75, 3.05) is 6.61 Å². The van der Waals surface area contributed by atoms with Gasteiger partial charge < -0.3 is 14.4 Å². The van der Waals surface area contributed by atoms with E-state index < -0.39 is 12.0 Å². The SMILES string of the molecule is CCOC(=O)C1=C(C)N=C2SC=CN2[C@@H]1c1cc(Cl)c(OCc2ccc(Cl)cc2)c(Cl)c1. The molecule has 4 rings (SSSR count). The van der Waals surface area contributed by atoms with Crippen molar-refractivity contribution in [2.45, 2.75) is 26.5 Å². The zero-order valence-corrected chi connectivity index (χ0v) is 20.4. The van der Waals surface area contributed by atoms with E-state index in [9.17, 15) is 4.79 Å². The molecule has 0 saturated carbocycles. The minimum Gasteiger partial charge on any atom is -0.486 e. The fourth-order valence-corrected chi connectivity index (χ4v) is 5.04. The van der Waals surface area contributed by atoms with Crippen LogP contribution in [0.1, 0.15) is 31.0 Å². The zero-order chi connectivity index (χ0) is 22.8. The third-order valence-electron chi connectivity index (χ3n) is 4.95. The summed E-state index contributed by atoms with van der Waals surface area (Å²) in [7, 11) is 0. The Morgan fingerprint density at radius 1 is 1.16 bits per heavy atom. The number of allylic oxidation sites excluding steroid dienone is 1. The monoisotopic (exact) mass is 508 g/mol. The number of nitrogens with zero attached hydrogens (tertiary/aromatic N) is 2. The molecule has 0 unspecified atom stereocenters. The molecule has 0 bridgehead atoms. The molecule has 5 nitrogen and oxygen atoms in total. The van der Waals surface area contributed by atoms with Gasteiger partial charge in [0.1, 0.15) is 6.61 Å². The normalized spacial score (nSPS) is 17.3. The molecule has 2 heterocycles. The molecule has 1 atom stereocenters. The summed E-state index contributed by atoms with van der Waals surface area (Å²) in [5.74, 6) is -0.0418. The summed E-state index contributed by atoms with van der Waals surface area (Å²) in [5.41, 5.74) is 2.72. The van der Waals surface area contributed by atoms with Crippen LogP contribution in [0.5, 0.6) is 5.75 Å². The Kier molecular flexibility index (Phi) is 7.05. The fourth-order valence-electron chi connectivity index (χ4n) is 3.51. The summed E-state index contributed by atoms with van der Waals surface area (Å²) in [6.45, 7) is 4.12. The summed E-state index contributed by atoms with van der Waals surface area (Å²) in [6, 6.07) is 10.4. The second kappa shape index (κ2) is 9.79. The van der Waals surface area contributed by atoms with Gasteiger partial charge in [0, 0.05) is 11.2 Å². The average Bonchev–Trinajstić information content (AvgIpc) is 3.21. The number of benzene rings is 2. The molecule has 0 radical (unpaired) electrons. The lowest BCUT2D eigenvalue weighted by Gasteiger charge is -2.33. The first kappa shape index (κ1) is 23.1. The number of fused-ring (bicyclic) bond motifs is 1. The molecule has 0 saturated heterocycles. The van der Waals surface area contributed by atoms with Gasteiger partial charge in [-0.25, -0.2) is 9.79 Å². The third-order valence-corrected chi connectivity index (χ3v) is 6.53. The van der Waals surface area contributed by atoms with Crippen LogP contribution in [0.4, 0.5) is 0 Å². The van der Waals surface area contributed by atoms with E-state index in [1.165, 1.54) is 11.8 Å². The number of ether oxygens (including phenoxy) is 2. The van der Waals surface area contributed by atoms with Crippen LogP contribution in [0.2, 0.25) is 15.1 Å². The highest BCUT2D eigenvalue weighted by molar-refractivity contribution is 8.16. The minimum absolute atomic E-state index is 0.266. The Bertz CT molecular complexity index is 1120. The van der Waals surface area contributed by atoms with Crippen molar-refractivity contribution >= 4 is 57.7 Å². The Morgan fingerprint density at radius 2 is 1.84 bits per heavy atom. The molecule has 2 aromatic carbocycles. The zero-order valence-electron chi connectivity index (χ0n) is 17.3. The van der Waals surface area contributed by atoms with Crippen LogP contribution in [0.15, 0.2) is 64.3 Å². The van der Waals surface area contributed by atoms with E-state index in [0.717, 1.165) is 16.3 Å². The lowest BCUT2D eigenvalue weighted by Crippen LogP contribution is -2.34. The molecule has 0 N–H and O–H groups in total. The largest absolute Gasteiger partial charge is 0.486 e. The van der Waals surface area contributed by atoms with E-state index >= 15 is 0 Å². The Balaban J connectivity index is 1.67. The van der Waals surface area contributed by atoms with Crippen LogP contribution in [-0.2, 0) is 16.1 Å². The van der Waals surface area contributed by atoms with E-state index in [1.807, 2.05) is 28.6 Å². The van der Waals surface area contributed by atoms with Crippen molar-refractivity contribution in [2.24, 2.45) is 4.99 Å². The number of hydrogen-bond donors (Lipinski definition) is 0. The number of amidine groups is 1. The number of carbonyl (C=O) groups excluding carboxylic acids is 1. The number of thioether (sulfide) groups is 1. The third kappa shape index (κ3) is 4.64. The van der Waals surface area contributed by atoms with Gasteiger partial charge in [-0.15, -0.1) is 0 Å². The predicted octanol–water partition coefficient (Wildman–Crippen LogP) is 6.99. The minimum atomic E-state index is -0.465. The van der Waals surface area contributed by atoms with Gasteiger partial charge in [0.25, 0.3) is 0 Å². The van der Waals surface area contributed by atoms with Gasteiger partial charge in [-0.3, -0.25) is 0 Å². The summed E-state index contributed by atoms with van der Waals surface area (Å²) in [5, 5.41) is 4.04. The fraction of sp³-hybridized carbons (Fsp3) is 0.217. The van der Waals surface area contributed by atoms with E-state index in [-0.39, 0.29) is 13.2 Å². The highest BCUT2D eigenvalue weighted by Gasteiger charge is 2.38. The van der Waals surface area contributed by atoms with E-state index in [0.29, 0.717) is 32.1 Å². The van der Waals surface area contributed by atoms with Crippen molar-refractivity contribution in [1.82, 2.24) is 4.90 Å². The van der Waals surface area contributed by atoms with Crippen molar-refractivity contribution in [3.8, 4) is 5.75 Å². The topological polar surface area (TPSA) is 51.1 Å². The van der Waals surface area contributed by atoms with Gasteiger partial charge in [-0.05, 0) is 54.6 Å². The van der Waals surface area contributed by atoms with Crippen LogP contribution in [-0.4, -0.2) is 22.6 Å². The first-order chi connectivity index (χ1) is 15.4. The maximum Gasteiger partial charge on any atom is 0.338 e. The van der Waals surface area contributed by atoms with Gasteiger partial charge in [-0.2, -0.15) is 0 Å². The highest BCUT2D eigenvalue weighted by Crippen LogP contribution is 2.44. The number of halogens is 3. The number of hydrogen-bond acceptors (Lipinski definition) is 6.